The smallest absolute Gasteiger partial charge is 0.123 e. The van der Waals surface area contributed by atoms with E-state index in [-0.39, 0.29) is 5.82 Å². The summed E-state index contributed by atoms with van der Waals surface area (Å²) in [7, 11) is 0. The quantitative estimate of drug-likeness (QED) is 0.830. The van der Waals surface area contributed by atoms with E-state index >= 15 is 0 Å². The standard InChI is InChI=1S/C17H25FO/c1-3-4-13-5-7-14(8-6-13)17(19)16-10-9-15(18)11-12(16)2/h9-11,13-14,17,19H,3-8H2,1-2H3. The Morgan fingerprint density at radius 3 is 2.53 bits per heavy atom. The molecule has 1 unspecified atom stereocenters. The molecule has 0 heterocycles. The highest BCUT2D eigenvalue weighted by molar-refractivity contribution is 5.29. The molecule has 106 valence electrons. The normalized spacial score (nSPS) is 25.3. The Morgan fingerprint density at radius 1 is 1.26 bits per heavy atom. The Bertz CT molecular complexity index is 408. The first-order valence-corrected chi connectivity index (χ1v) is 7.56. The van der Waals surface area contributed by atoms with Gasteiger partial charge < -0.3 is 5.11 Å². The summed E-state index contributed by atoms with van der Waals surface area (Å²) in [6, 6.07) is 4.71. The number of rotatable bonds is 4. The summed E-state index contributed by atoms with van der Waals surface area (Å²) in [4.78, 5) is 0. The lowest BCUT2D eigenvalue weighted by Gasteiger charge is -2.32. The first kappa shape index (κ1) is 14.5. The lowest BCUT2D eigenvalue weighted by Crippen LogP contribution is -2.21. The van der Waals surface area contributed by atoms with E-state index in [1.54, 1.807) is 6.07 Å². The Morgan fingerprint density at radius 2 is 1.95 bits per heavy atom. The van der Waals surface area contributed by atoms with Gasteiger partial charge in [-0.1, -0.05) is 38.7 Å². The van der Waals surface area contributed by atoms with E-state index in [0.717, 1.165) is 29.9 Å². The van der Waals surface area contributed by atoms with E-state index in [1.165, 1.54) is 37.8 Å². The number of aliphatic hydroxyl groups excluding tert-OH is 1. The lowest BCUT2D eigenvalue weighted by molar-refractivity contribution is 0.0717. The second kappa shape index (κ2) is 6.51. The topological polar surface area (TPSA) is 20.2 Å². The Labute approximate surface area is 115 Å². The minimum atomic E-state index is -0.428. The van der Waals surface area contributed by atoms with Gasteiger partial charge in [0.25, 0.3) is 0 Å². The van der Waals surface area contributed by atoms with Crippen molar-refractivity contribution in [2.45, 2.75) is 58.5 Å². The molecule has 0 aromatic heterocycles. The molecule has 1 N–H and O–H groups in total. The minimum Gasteiger partial charge on any atom is -0.388 e. The largest absolute Gasteiger partial charge is 0.388 e. The first-order chi connectivity index (χ1) is 9.11. The zero-order valence-electron chi connectivity index (χ0n) is 12.0. The van der Waals surface area contributed by atoms with Crippen molar-refractivity contribution >= 4 is 0 Å². The van der Waals surface area contributed by atoms with Crippen LogP contribution in [0.5, 0.6) is 0 Å². The molecule has 1 aliphatic rings. The molecule has 1 nitrogen and oxygen atoms in total. The molecule has 0 amide bonds. The van der Waals surface area contributed by atoms with Gasteiger partial charge >= 0.3 is 0 Å². The fourth-order valence-corrected chi connectivity index (χ4v) is 3.43. The van der Waals surface area contributed by atoms with Gasteiger partial charge in [-0.05, 0) is 54.9 Å². The maximum atomic E-state index is 13.1. The average Bonchev–Trinajstić information content (AvgIpc) is 2.39. The van der Waals surface area contributed by atoms with Gasteiger partial charge in [0.15, 0.2) is 0 Å². The Hall–Kier alpha value is -0.890. The summed E-state index contributed by atoms with van der Waals surface area (Å²) in [6.45, 7) is 4.12. The summed E-state index contributed by atoms with van der Waals surface area (Å²) in [5, 5.41) is 10.5. The molecule has 2 heteroatoms. The molecule has 1 saturated carbocycles. The van der Waals surface area contributed by atoms with Gasteiger partial charge in [0.1, 0.15) is 5.82 Å². The number of hydrogen-bond donors (Lipinski definition) is 1. The van der Waals surface area contributed by atoms with E-state index in [0.29, 0.717) is 5.92 Å². The van der Waals surface area contributed by atoms with Crippen LogP contribution in [0.2, 0.25) is 0 Å². The molecular weight excluding hydrogens is 239 g/mol. The van der Waals surface area contributed by atoms with Crippen molar-refractivity contribution in [2.75, 3.05) is 0 Å². The van der Waals surface area contributed by atoms with Crippen molar-refractivity contribution in [2.24, 2.45) is 11.8 Å². The Balaban J connectivity index is 1.99. The van der Waals surface area contributed by atoms with Gasteiger partial charge in [-0.2, -0.15) is 0 Å². The number of halogens is 1. The lowest BCUT2D eigenvalue weighted by atomic mass is 9.76. The van der Waals surface area contributed by atoms with Gasteiger partial charge in [0.2, 0.25) is 0 Å². The molecule has 1 aromatic carbocycles. The molecule has 19 heavy (non-hydrogen) atoms. The zero-order chi connectivity index (χ0) is 13.8. The Kier molecular flexibility index (Phi) is 4.98. The van der Waals surface area contributed by atoms with Gasteiger partial charge in [-0.25, -0.2) is 4.39 Å². The van der Waals surface area contributed by atoms with Crippen LogP contribution in [0.1, 0.15) is 62.7 Å². The predicted molar refractivity (Wildman–Crippen MR) is 76.5 cm³/mol. The molecule has 0 spiro atoms. The van der Waals surface area contributed by atoms with E-state index < -0.39 is 6.10 Å². The summed E-state index contributed by atoms with van der Waals surface area (Å²) in [5.41, 5.74) is 1.77. The highest BCUT2D eigenvalue weighted by atomic mass is 19.1. The van der Waals surface area contributed by atoms with Crippen molar-refractivity contribution in [1.29, 1.82) is 0 Å². The third-order valence-corrected chi connectivity index (χ3v) is 4.59. The van der Waals surface area contributed by atoms with E-state index in [1.807, 2.05) is 6.92 Å². The summed E-state index contributed by atoms with van der Waals surface area (Å²) < 4.78 is 13.1. The zero-order valence-corrected chi connectivity index (χ0v) is 12.0. The van der Waals surface area contributed by atoms with Crippen LogP contribution in [-0.2, 0) is 0 Å². The predicted octanol–water partition coefficient (Wildman–Crippen LogP) is 4.77. The molecule has 2 rings (SSSR count). The van der Waals surface area contributed by atoms with Crippen LogP contribution in [0.4, 0.5) is 4.39 Å². The molecule has 1 fully saturated rings. The van der Waals surface area contributed by atoms with E-state index in [4.69, 9.17) is 0 Å². The molecule has 1 aromatic rings. The molecule has 0 bridgehead atoms. The SMILES string of the molecule is CCCC1CCC(C(O)c2ccc(F)cc2C)CC1. The average molecular weight is 264 g/mol. The number of aryl methyl sites for hydroxylation is 1. The number of hydrogen-bond acceptors (Lipinski definition) is 1. The molecule has 1 atom stereocenters. The minimum absolute atomic E-state index is 0.222. The van der Waals surface area contributed by atoms with Crippen LogP contribution in [-0.4, -0.2) is 5.11 Å². The maximum Gasteiger partial charge on any atom is 0.123 e. The summed E-state index contributed by atoms with van der Waals surface area (Å²) >= 11 is 0. The first-order valence-electron chi connectivity index (χ1n) is 7.56. The fraction of sp³-hybridized carbons (Fsp3) is 0.647. The van der Waals surface area contributed by atoms with E-state index in [9.17, 15) is 9.50 Å². The molecule has 0 saturated heterocycles. The summed E-state index contributed by atoms with van der Waals surface area (Å²) in [5.74, 6) is 0.972. The van der Waals surface area contributed by atoms with Crippen molar-refractivity contribution in [1.82, 2.24) is 0 Å². The van der Waals surface area contributed by atoms with Crippen molar-refractivity contribution < 1.29 is 9.50 Å². The fourth-order valence-electron chi connectivity index (χ4n) is 3.43. The number of benzene rings is 1. The molecule has 1 aliphatic carbocycles. The second-order valence-corrected chi connectivity index (χ2v) is 6.02. The van der Waals surface area contributed by atoms with Crippen LogP contribution in [0.25, 0.3) is 0 Å². The molecule has 0 radical (unpaired) electrons. The third-order valence-electron chi connectivity index (χ3n) is 4.59. The van der Waals surface area contributed by atoms with Crippen LogP contribution in [0.3, 0.4) is 0 Å². The second-order valence-electron chi connectivity index (χ2n) is 6.02. The van der Waals surface area contributed by atoms with Crippen molar-refractivity contribution in [3.63, 3.8) is 0 Å². The molecule has 0 aliphatic heterocycles. The summed E-state index contributed by atoms with van der Waals surface area (Å²) in [6.07, 6.45) is 6.81. The van der Waals surface area contributed by atoms with Gasteiger partial charge in [0.05, 0.1) is 6.10 Å². The highest BCUT2D eigenvalue weighted by Crippen LogP contribution is 2.39. The third kappa shape index (κ3) is 3.56. The van der Waals surface area contributed by atoms with Crippen LogP contribution in [0.15, 0.2) is 18.2 Å². The van der Waals surface area contributed by atoms with Gasteiger partial charge in [-0.3, -0.25) is 0 Å². The number of aliphatic hydroxyl groups is 1. The van der Waals surface area contributed by atoms with Gasteiger partial charge in [-0.15, -0.1) is 0 Å². The van der Waals surface area contributed by atoms with Crippen LogP contribution in [0, 0.1) is 24.6 Å². The van der Waals surface area contributed by atoms with Crippen LogP contribution >= 0.6 is 0 Å². The van der Waals surface area contributed by atoms with E-state index in [2.05, 4.69) is 6.92 Å². The maximum absolute atomic E-state index is 13.1. The molecular formula is C17H25FO. The highest BCUT2D eigenvalue weighted by Gasteiger charge is 2.27. The van der Waals surface area contributed by atoms with Crippen LogP contribution < -0.4 is 0 Å². The van der Waals surface area contributed by atoms with Crippen molar-refractivity contribution in [3.05, 3.63) is 35.1 Å². The van der Waals surface area contributed by atoms with Crippen molar-refractivity contribution in [3.8, 4) is 0 Å². The monoisotopic (exact) mass is 264 g/mol. The van der Waals surface area contributed by atoms with Gasteiger partial charge in [0, 0.05) is 0 Å².